The van der Waals surface area contributed by atoms with Crippen LogP contribution >= 0.6 is 0 Å². The predicted molar refractivity (Wildman–Crippen MR) is 128 cm³/mol. The van der Waals surface area contributed by atoms with Gasteiger partial charge in [0.15, 0.2) is 0 Å². The third-order valence-electron chi connectivity index (χ3n) is 6.25. The molecule has 4 N–H and O–H groups in total. The van der Waals surface area contributed by atoms with Crippen LogP contribution in [0.1, 0.15) is 30.0 Å². The molecular formula is C27H24N4. The van der Waals surface area contributed by atoms with Crippen molar-refractivity contribution < 1.29 is 0 Å². The van der Waals surface area contributed by atoms with Crippen molar-refractivity contribution in [3.8, 4) is 33.9 Å². The van der Waals surface area contributed by atoms with Crippen molar-refractivity contribution in [2.75, 3.05) is 5.73 Å². The summed E-state index contributed by atoms with van der Waals surface area (Å²) in [5.41, 5.74) is 15.8. The van der Waals surface area contributed by atoms with Crippen molar-refractivity contribution in [2.24, 2.45) is 0 Å². The van der Waals surface area contributed by atoms with Crippen LogP contribution in [0.3, 0.4) is 0 Å². The van der Waals surface area contributed by atoms with Crippen molar-refractivity contribution in [2.45, 2.75) is 25.7 Å². The smallest absolute Gasteiger partial charge is 0.140 e. The van der Waals surface area contributed by atoms with Gasteiger partial charge < -0.3 is 15.7 Å². The lowest BCUT2D eigenvalue weighted by molar-refractivity contribution is 1.13. The number of fused-ring (bicyclic) bond motifs is 1. The quantitative estimate of drug-likeness (QED) is 0.293. The topological polar surface area (TPSA) is 70.5 Å². The third-order valence-corrected chi connectivity index (χ3v) is 6.25. The number of anilines is 1. The van der Waals surface area contributed by atoms with Crippen molar-refractivity contribution >= 4 is 16.6 Å². The lowest BCUT2D eigenvalue weighted by atomic mass is 10.0. The first-order valence-corrected chi connectivity index (χ1v) is 10.8. The summed E-state index contributed by atoms with van der Waals surface area (Å²) in [6.45, 7) is 2.08. The van der Waals surface area contributed by atoms with E-state index in [1.54, 1.807) is 0 Å². The van der Waals surface area contributed by atoms with E-state index in [0.29, 0.717) is 0 Å². The third kappa shape index (κ3) is 3.12. The van der Waals surface area contributed by atoms with E-state index in [2.05, 4.69) is 65.4 Å². The van der Waals surface area contributed by atoms with E-state index in [1.165, 1.54) is 18.4 Å². The Balaban J connectivity index is 1.55. The first-order chi connectivity index (χ1) is 15.2. The molecule has 5 aromatic rings. The summed E-state index contributed by atoms with van der Waals surface area (Å²) in [6, 6.07) is 25.3. The van der Waals surface area contributed by atoms with E-state index in [9.17, 15) is 0 Å². The monoisotopic (exact) mass is 404 g/mol. The molecule has 1 fully saturated rings. The molecule has 6 rings (SSSR count). The first kappa shape index (κ1) is 18.0. The Labute approximate surface area is 181 Å². The maximum Gasteiger partial charge on any atom is 0.140 e. The van der Waals surface area contributed by atoms with Gasteiger partial charge in [0.1, 0.15) is 5.82 Å². The molecule has 0 unspecified atom stereocenters. The molecule has 0 aliphatic heterocycles. The van der Waals surface area contributed by atoms with Gasteiger partial charge in [-0.2, -0.15) is 0 Å². The Kier molecular flexibility index (Phi) is 4.00. The van der Waals surface area contributed by atoms with Crippen LogP contribution in [0.4, 0.5) is 5.69 Å². The van der Waals surface area contributed by atoms with E-state index in [-0.39, 0.29) is 0 Å². The summed E-state index contributed by atoms with van der Waals surface area (Å²) in [7, 11) is 0. The zero-order valence-corrected chi connectivity index (χ0v) is 17.4. The van der Waals surface area contributed by atoms with Crippen LogP contribution < -0.4 is 5.73 Å². The number of aromatic nitrogens is 3. The van der Waals surface area contributed by atoms with Crippen LogP contribution in [-0.4, -0.2) is 15.0 Å². The Morgan fingerprint density at radius 3 is 2.39 bits per heavy atom. The van der Waals surface area contributed by atoms with Gasteiger partial charge in [0, 0.05) is 39.0 Å². The van der Waals surface area contributed by atoms with Crippen LogP contribution in [0.5, 0.6) is 0 Å². The molecule has 3 aromatic carbocycles. The van der Waals surface area contributed by atoms with E-state index < -0.39 is 0 Å². The average molecular weight is 405 g/mol. The largest absolute Gasteiger partial charge is 0.399 e. The number of nitrogens with zero attached hydrogens (tertiary/aromatic N) is 1. The van der Waals surface area contributed by atoms with Crippen LogP contribution in [0, 0.1) is 6.92 Å². The fourth-order valence-corrected chi connectivity index (χ4v) is 4.49. The fourth-order valence-electron chi connectivity index (χ4n) is 4.49. The molecule has 0 atom stereocenters. The van der Waals surface area contributed by atoms with Gasteiger partial charge in [0.2, 0.25) is 0 Å². The number of aromatic amines is 2. The molecule has 2 aromatic heterocycles. The van der Waals surface area contributed by atoms with Gasteiger partial charge in [-0.1, -0.05) is 54.6 Å². The highest BCUT2D eigenvalue weighted by atomic mass is 14.9. The van der Waals surface area contributed by atoms with Crippen LogP contribution in [0.15, 0.2) is 72.8 Å². The predicted octanol–water partition coefficient (Wildman–Crippen LogP) is 6.66. The summed E-state index contributed by atoms with van der Waals surface area (Å²) in [4.78, 5) is 12.2. The molecule has 0 amide bonds. The van der Waals surface area contributed by atoms with Crippen molar-refractivity contribution in [3.05, 3.63) is 84.1 Å². The molecule has 1 aliphatic rings. The first-order valence-electron chi connectivity index (χ1n) is 10.8. The molecule has 0 saturated heterocycles. The molecule has 0 spiro atoms. The number of H-pyrrole nitrogens is 2. The number of benzene rings is 3. The Hall–Kier alpha value is -3.79. The van der Waals surface area contributed by atoms with E-state index >= 15 is 0 Å². The number of rotatable bonds is 4. The second-order valence-corrected chi connectivity index (χ2v) is 8.50. The van der Waals surface area contributed by atoms with Crippen molar-refractivity contribution in [3.63, 3.8) is 0 Å². The summed E-state index contributed by atoms with van der Waals surface area (Å²) >= 11 is 0. The second kappa shape index (κ2) is 6.88. The highest BCUT2D eigenvalue weighted by Gasteiger charge is 2.24. The molecule has 31 heavy (non-hydrogen) atoms. The summed E-state index contributed by atoms with van der Waals surface area (Å²) in [5.74, 6) is 1.61. The van der Waals surface area contributed by atoms with E-state index in [0.717, 1.165) is 62.1 Å². The zero-order chi connectivity index (χ0) is 20.9. The molecule has 2 heterocycles. The number of nitrogens with two attached hydrogens (primary N) is 1. The SMILES string of the molecule is Cc1[nH]c2ccc(N)cc2c1-c1nc(-c2ccccc2)c(-c2ccc(C3CC3)cc2)[nH]1. The van der Waals surface area contributed by atoms with Gasteiger partial charge in [-0.15, -0.1) is 0 Å². The molecular weight excluding hydrogens is 380 g/mol. The van der Waals surface area contributed by atoms with Gasteiger partial charge in [-0.3, -0.25) is 0 Å². The molecule has 1 aliphatic carbocycles. The number of hydrogen-bond donors (Lipinski definition) is 3. The summed E-state index contributed by atoms with van der Waals surface area (Å²) in [5, 5.41) is 1.08. The van der Waals surface area contributed by atoms with E-state index in [1.807, 2.05) is 24.3 Å². The molecule has 0 radical (unpaired) electrons. The number of imidazole rings is 1. The second-order valence-electron chi connectivity index (χ2n) is 8.50. The summed E-state index contributed by atoms with van der Waals surface area (Å²) in [6.07, 6.45) is 2.62. The number of hydrogen-bond acceptors (Lipinski definition) is 2. The number of nitrogens with one attached hydrogen (secondary N) is 2. The zero-order valence-electron chi connectivity index (χ0n) is 17.4. The number of aryl methyl sites for hydroxylation is 1. The minimum Gasteiger partial charge on any atom is -0.399 e. The van der Waals surface area contributed by atoms with Gasteiger partial charge in [-0.05, 0) is 49.4 Å². The van der Waals surface area contributed by atoms with Crippen molar-refractivity contribution in [1.29, 1.82) is 0 Å². The van der Waals surface area contributed by atoms with Crippen LogP contribution in [-0.2, 0) is 0 Å². The normalized spacial score (nSPS) is 13.7. The average Bonchev–Trinajstić information content (AvgIpc) is 3.47. The van der Waals surface area contributed by atoms with E-state index in [4.69, 9.17) is 10.7 Å². The lowest BCUT2D eigenvalue weighted by Gasteiger charge is -2.05. The van der Waals surface area contributed by atoms with Gasteiger partial charge in [-0.25, -0.2) is 4.98 Å². The minimum absolute atomic E-state index is 0.749. The maximum absolute atomic E-state index is 6.10. The highest BCUT2D eigenvalue weighted by Crippen LogP contribution is 2.41. The fraction of sp³-hybridized carbons (Fsp3) is 0.148. The maximum atomic E-state index is 6.10. The Bertz CT molecular complexity index is 1390. The molecule has 152 valence electrons. The Morgan fingerprint density at radius 1 is 0.871 bits per heavy atom. The highest BCUT2D eigenvalue weighted by molar-refractivity contribution is 5.98. The molecule has 1 saturated carbocycles. The van der Waals surface area contributed by atoms with Crippen molar-refractivity contribution in [1.82, 2.24) is 15.0 Å². The standard InChI is InChI=1S/C27H24N4/c1-16-24(22-15-21(28)13-14-23(22)29-16)27-30-25(19-5-3-2-4-6-19)26(31-27)20-11-9-18(10-12-20)17-7-8-17/h2-6,9-15,17,29H,7-8,28H2,1H3,(H,30,31). The summed E-state index contributed by atoms with van der Waals surface area (Å²) < 4.78 is 0. The van der Waals surface area contributed by atoms with Gasteiger partial charge in [0.25, 0.3) is 0 Å². The molecule has 0 bridgehead atoms. The van der Waals surface area contributed by atoms with Crippen LogP contribution in [0.2, 0.25) is 0 Å². The van der Waals surface area contributed by atoms with Gasteiger partial charge in [0.05, 0.1) is 11.4 Å². The lowest BCUT2D eigenvalue weighted by Crippen LogP contribution is -1.85. The van der Waals surface area contributed by atoms with Gasteiger partial charge >= 0.3 is 0 Å². The minimum atomic E-state index is 0.749. The van der Waals surface area contributed by atoms with Crippen LogP contribution in [0.25, 0.3) is 44.8 Å². The number of nitrogen functional groups attached to an aromatic ring is 1. The molecule has 4 heteroatoms. The molecule has 4 nitrogen and oxygen atoms in total. The Morgan fingerprint density at radius 2 is 1.65 bits per heavy atom.